The number of amides is 1. The Bertz CT molecular complexity index is 910. The summed E-state index contributed by atoms with van der Waals surface area (Å²) in [7, 11) is 1.90. The van der Waals surface area contributed by atoms with E-state index < -0.39 is 0 Å². The quantitative estimate of drug-likeness (QED) is 0.739. The van der Waals surface area contributed by atoms with Crippen molar-refractivity contribution in [2.24, 2.45) is 7.05 Å². The van der Waals surface area contributed by atoms with E-state index in [1.807, 2.05) is 67.8 Å². The van der Waals surface area contributed by atoms with E-state index in [1.165, 1.54) is 0 Å². The molecule has 25 heavy (non-hydrogen) atoms. The topological polar surface area (TPSA) is 56.0 Å². The first-order chi connectivity index (χ1) is 12.1. The molecule has 0 spiro atoms. The van der Waals surface area contributed by atoms with E-state index >= 15 is 0 Å². The van der Waals surface area contributed by atoms with Gasteiger partial charge in [0, 0.05) is 37.1 Å². The Balaban J connectivity index is 1.62. The van der Waals surface area contributed by atoms with E-state index in [0.717, 1.165) is 36.3 Å². The second-order valence-electron chi connectivity index (χ2n) is 6.56. The van der Waals surface area contributed by atoms with Gasteiger partial charge in [0.1, 0.15) is 0 Å². The largest absolute Gasteiger partial charge is 0.331 e. The molecule has 2 aromatic heterocycles. The third kappa shape index (κ3) is 2.95. The van der Waals surface area contributed by atoms with Crippen LogP contribution in [0.1, 0.15) is 40.5 Å². The maximum absolute atomic E-state index is 13.1. The van der Waals surface area contributed by atoms with Crippen LogP contribution in [-0.4, -0.2) is 36.9 Å². The first-order valence-electron chi connectivity index (χ1n) is 8.54. The number of rotatable bonds is 3. The van der Waals surface area contributed by atoms with E-state index in [9.17, 15) is 4.79 Å². The zero-order valence-electron chi connectivity index (χ0n) is 14.5. The summed E-state index contributed by atoms with van der Waals surface area (Å²) in [5, 5.41) is 8.68. The highest BCUT2D eigenvalue weighted by Gasteiger charge is 2.31. The molecule has 0 bridgehead atoms. The molecule has 0 aliphatic carbocycles. The van der Waals surface area contributed by atoms with Crippen LogP contribution in [0.5, 0.6) is 0 Å². The number of likely N-dealkylation sites (tertiary alicyclic amines) is 1. The molecule has 128 valence electrons. The van der Waals surface area contributed by atoms with Gasteiger partial charge >= 0.3 is 0 Å². The Morgan fingerprint density at radius 1 is 1.28 bits per heavy atom. The van der Waals surface area contributed by atoms with Crippen molar-refractivity contribution in [1.29, 1.82) is 0 Å². The standard InChI is InChI=1S/C19H21N5O/c1-14-8-10-24(21-14)17-6-3-5-15(11-17)19(25)23-9-4-7-18(23)16-12-20-22(2)13-16/h3,5-6,8,10-13,18H,4,7,9H2,1-2H3/t18-/m1/s1. The van der Waals surface area contributed by atoms with Crippen molar-refractivity contribution in [3.05, 3.63) is 65.7 Å². The van der Waals surface area contributed by atoms with E-state index in [2.05, 4.69) is 10.2 Å². The molecule has 3 aromatic rings. The van der Waals surface area contributed by atoms with Gasteiger partial charge in [0.25, 0.3) is 5.91 Å². The van der Waals surface area contributed by atoms with Crippen LogP contribution in [-0.2, 0) is 7.05 Å². The van der Waals surface area contributed by atoms with E-state index in [1.54, 1.807) is 9.36 Å². The van der Waals surface area contributed by atoms with Crippen LogP contribution in [0.2, 0.25) is 0 Å². The second kappa shape index (κ2) is 6.20. The van der Waals surface area contributed by atoms with Crippen LogP contribution in [0.4, 0.5) is 0 Å². The van der Waals surface area contributed by atoms with Gasteiger partial charge in [-0.3, -0.25) is 9.48 Å². The summed E-state index contributed by atoms with van der Waals surface area (Å²) in [6, 6.07) is 9.72. The van der Waals surface area contributed by atoms with E-state index in [0.29, 0.717) is 5.56 Å². The lowest BCUT2D eigenvalue weighted by molar-refractivity contribution is 0.0735. The minimum atomic E-state index is 0.0667. The SMILES string of the molecule is Cc1ccn(-c2cccc(C(=O)N3CCC[C@@H]3c3cnn(C)c3)c2)n1. The van der Waals surface area contributed by atoms with Crippen molar-refractivity contribution in [2.45, 2.75) is 25.8 Å². The molecule has 1 aliphatic rings. The normalized spacial score (nSPS) is 17.2. The molecule has 1 fully saturated rings. The summed E-state index contributed by atoms with van der Waals surface area (Å²) >= 11 is 0. The zero-order chi connectivity index (χ0) is 17.4. The van der Waals surface area contributed by atoms with Gasteiger partial charge in [-0.15, -0.1) is 0 Å². The van der Waals surface area contributed by atoms with Gasteiger partial charge in [0.05, 0.1) is 23.6 Å². The van der Waals surface area contributed by atoms with Gasteiger partial charge in [-0.1, -0.05) is 6.07 Å². The van der Waals surface area contributed by atoms with Crippen molar-refractivity contribution in [2.75, 3.05) is 6.54 Å². The number of benzene rings is 1. The van der Waals surface area contributed by atoms with Crippen molar-refractivity contribution < 1.29 is 4.79 Å². The third-order valence-electron chi connectivity index (χ3n) is 4.70. The first kappa shape index (κ1) is 15.6. The molecule has 0 unspecified atom stereocenters. The van der Waals surface area contributed by atoms with Gasteiger partial charge in [0.2, 0.25) is 0 Å². The average Bonchev–Trinajstić information content (AvgIpc) is 3.34. The maximum atomic E-state index is 13.1. The average molecular weight is 335 g/mol. The Hall–Kier alpha value is -2.89. The van der Waals surface area contributed by atoms with Crippen molar-refractivity contribution in [3.63, 3.8) is 0 Å². The van der Waals surface area contributed by atoms with Gasteiger partial charge in [-0.05, 0) is 44.0 Å². The predicted molar refractivity (Wildman–Crippen MR) is 94.5 cm³/mol. The molecule has 1 atom stereocenters. The second-order valence-corrected chi connectivity index (χ2v) is 6.56. The molecule has 6 heteroatoms. The minimum Gasteiger partial charge on any atom is -0.331 e. The minimum absolute atomic E-state index is 0.0667. The van der Waals surface area contributed by atoms with E-state index in [4.69, 9.17) is 0 Å². The zero-order valence-corrected chi connectivity index (χ0v) is 14.5. The Morgan fingerprint density at radius 3 is 2.88 bits per heavy atom. The van der Waals surface area contributed by atoms with Crippen LogP contribution >= 0.6 is 0 Å². The summed E-state index contributed by atoms with van der Waals surface area (Å²) in [4.78, 5) is 15.1. The van der Waals surface area contributed by atoms with Gasteiger partial charge in [-0.25, -0.2) is 4.68 Å². The van der Waals surface area contributed by atoms with Crippen LogP contribution in [0.25, 0.3) is 5.69 Å². The molecule has 4 rings (SSSR count). The molecule has 6 nitrogen and oxygen atoms in total. The molecule has 1 aliphatic heterocycles. The fourth-order valence-corrected chi connectivity index (χ4v) is 3.47. The first-order valence-corrected chi connectivity index (χ1v) is 8.54. The van der Waals surface area contributed by atoms with Gasteiger partial charge < -0.3 is 4.90 Å². The van der Waals surface area contributed by atoms with Crippen molar-refractivity contribution in [1.82, 2.24) is 24.5 Å². The monoisotopic (exact) mass is 335 g/mol. The molecular formula is C19H21N5O. The highest BCUT2D eigenvalue weighted by atomic mass is 16.2. The summed E-state index contributed by atoms with van der Waals surface area (Å²) < 4.78 is 3.59. The number of carbonyl (C=O) groups is 1. The number of aromatic nitrogens is 4. The highest BCUT2D eigenvalue weighted by molar-refractivity contribution is 5.95. The number of hydrogen-bond donors (Lipinski definition) is 0. The Kier molecular flexibility index (Phi) is 3.87. The van der Waals surface area contributed by atoms with Crippen molar-refractivity contribution in [3.8, 4) is 5.69 Å². The molecule has 0 saturated carbocycles. The third-order valence-corrected chi connectivity index (χ3v) is 4.70. The number of aryl methyl sites for hydroxylation is 2. The van der Waals surface area contributed by atoms with Crippen LogP contribution in [0, 0.1) is 6.92 Å². The predicted octanol–water partition coefficient (Wildman–Crippen LogP) is 2.89. The summed E-state index contributed by atoms with van der Waals surface area (Å²) in [6.07, 6.45) is 7.77. The summed E-state index contributed by atoms with van der Waals surface area (Å²) in [5.74, 6) is 0.0667. The van der Waals surface area contributed by atoms with Crippen LogP contribution in [0.15, 0.2) is 48.9 Å². The summed E-state index contributed by atoms with van der Waals surface area (Å²) in [6.45, 7) is 2.73. The molecule has 1 saturated heterocycles. The lowest BCUT2D eigenvalue weighted by Gasteiger charge is -2.24. The van der Waals surface area contributed by atoms with Gasteiger partial charge in [-0.2, -0.15) is 10.2 Å². The number of hydrogen-bond acceptors (Lipinski definition) is 3. The number of nitrogens with zero attached hydrogens (tertiary/aromatic N) is 5. The van der Waals surface area contributed by atoms with E-state index in [-0.39, 0.29) is 11.9 Å². The molecular weight excluding hydrogens is 314 g/mol. The molecule has 1 amide bonds. The molecule has 1 aromatic carbocycles. The lowest BCUT2D eigenvalue weighted by atomic mass is 10.1. The maximum Gasteiger partial charge on any atom is 0.254 e. The smallest absolute Gasteiger partial charge is 0.254 e. The van der Waals surface area contributed by atoms with Gasteiger partial charge in [0.15, 0.2) is 0 Å². The van der Waals surface area contributed by atoms with Crippen LogP contribution < -0.4 is 0 Å². The van der Waals surface area contributed by atoms with Crippen LogP contribution in [0.3, 0.4) is 0 Å². The number of carbonyl (C=O) groups excluding carboxylic acids is 1. The Labute approximate surface area is 146 Å². The fourth-order valence-electron chi connectivity index (χ4n) is 3.47. The fraction of sp³-hybridized carbons (Fsp3) is 0.316. The molecule has 0 radical (unpaired) electrons. The van der Waals surface area contributed by atoms with Crippen molar-refractivity contribution >= 4 is 5.91 Å². The highest BCUT2D eigenvalue weighted by Crippen LogP contribution is 2.33. The molecule has 0 N–H and O–H groups in total. The molecule has 3 heterocycles. The summed E-state index contributed by atoms with van der Waals surface area (Å²) in [5.41, 5.74) is 3.65. The Morgan fingerprint density at radius 2 is 2.16 bits per heavy atom. The lowest BCUT2D eigenvalue weighted by Crippen LogP contribution is -2.30.